The van der Waals surface area contributed by atoms with Crippen LogP contribution in [0.4, 0.5) is 0 Å². The molecule has 2 atom stereocenters. The lowest BCUT2D eigenvalue weighted by Gasteiger charge is -2.25. The summed E-state index contributed by atoms with van der Waals surface area (Å²) in [4.78, 5) is 6.87. The number of halogens is 1. The second kappa shape index (κ2) is 12.9. The summed E-state index contributed by atoms with van der Waals surface area (Å²) >= 11 is 0. The topological polar surface area (TPSA) is 73.0 Å². The van der Waals surface area contributed by atoms with E-state index in [1.165, 1.54) is 5.56 Å². The number of nitrogens with one attached hydrogen (secondary N) is 2. The first-order chi connectivity index (χ1) is 13.4. The lowest BCUT2D eigenvalue weighted by Crippen LogP contribution is -2.41. The maximum absolute atomic E-state index is 10.6. The molecule has 0 fully saturated rings. The average molecular weight is 514 g/mol. The van der Waals surface area contributed by atoms with E-state index in [4.69, 9.17) is 4.42 Å². The van der Waals surface area contributed by atoms with Gasteiger partial charge in [-0.2, -0.15) is 0 Å². The molecule has 1 aromatic carbocycles. The van der Waals surface area contributed by atoms with E-state index in [2.05, 4.69) is 58.8 Å². The molecule has 162 valence electrons. The third-order valence-electron chi connectivity index (χ3n) is 4.82. The van der Waals surface area contributed by atoms with Crippen molar-refractivity contribution in [2.45, 2.75) is 45.4 Å². The normalized spacial score (nSPS) is 14.8. The van der Waals surface area contributed by atoms with Crippen LogP contribution in [0, 0.1) is 0 Å². The van der Waals surface area contributed by atoms with Crippen molar-refractivity contribution in [2.75, 3.05) is 26.7 Å². The fraction of sp³-hybridized carbons (Fsp3) is 0.500. The van der Waals surface area contributed by atoms with Crippen LogP contribution >= 0.6 is 24.0 Å². The van der Waals surface area contributed by atoms with Gasteiger partial charge in [-0.3, -0.25) is 4.90 Å². The molecule has 2 aromatic rings. The van der Waals surface area contributed by atoms with Crippen LogP contribution in [0.2, 0.25) is 0 Å². The highest BCUT2D eigenvalue weighted by molar-refractivity contribution is 14.0. The summed E-state index contributed by atoms with van der Waals surface area (Å²) in [6.07, 6.45) is 2.55. The van der Waals surface area contributed by atoms with Gasteiger partial charge in [-0.05, 0) is 51.9 Å². The molecule has 0 aliphatic rings. The summed E-state index contributed by atoms with van der Waals surface area (Å²) in [5.41, 5.74) is 0.189. The molecule has 0 saturated heterocycles. The Morgan fingerprint density at radius 1 is 1.21 bits per heavy atom. The Labute approximate surface area is 191 Å². The molecule has 0 bridgehead atoms. The SMILES string of the molecule is CCNC(=NCC(C)(O)c1ccco1)NCCC(C)N(C)Cc1ccccc1.I. The predicted octanol–water partition coefficient (Wildman–Crippen LogP) is 3.57. The maximum atomic E-state index is 10.6. The molecule has 0 amide bonds. The Morgan fingerprint density at radius 2 is 1.93 bits per heavy atom. The van der Waals surface area contributed by atoms with Crippen molar-refractivity contribution < 1.29 is 9.52 Å². The summed E-state index contributed by atoms with van der Waals surface area (Å²) in [6.45, 7) is 8.68. The molecule has 7 heteroatoms. The molecule has 29 heavy (non-hydrogen) atoms. The number of furan rings is 1. The molecule has 0 radical (unpaired) electrons. The van der Waals surface area contributed by atoms with E-state index < -0.39 is 5.60 Å². The largest absolute Gasteiger partial charge is 0.466 e. The van der Waals surface area contributed by atoms with Gasteiger partial charge < -0.3 is 20.2 Å². The number of aliphatic hydroxyl groups is 1. The summed E-state index contributed by atoms with van der Waals surface area (Å²) in [7, 11) is 2.15. The Morgan fingerprint density at radius 3 is 2.55 bits per heavy atom. The van der Waals surface area contributed by atoms with E-state index in [-0.39, 0.29) is 30.5 Å². The molecule has 2 unspecified atom stereocenters. The minimum Gasteiger partial charge on any atom is -0.466 e. The first-order valence-electron chi connectivity index (χ1n) is 9.95. The zero-order valence-corrected chi connectivity index (χ0v) is 20.2. The number of hydrogen-bond donors (Lipinski definition) is 3. The molecular formula is C22H35IN4O2. The first-order valence-corrected chi connectivity index (χ1v) is 9.95. The van der Waals surface area contributed by atoms with Crippen LogP contribution in [0.15, 0.2) is 58.1 Å². The van der Waals surface area contributed by atoms with Crippen molar-refractivity contribution in [3.63, 3.8) is 0 Å². The average Bonchev–Trinajstić information content (AvgIpc) is 3.22. The third-order valence-corrected chi connectivity index (χ3v) is 4.82. The minimum absolute atomic E-state index is 0. The van der Waals surface area contributed by atoms with Gasteiger partial charge in [0.25, 0.3) is 0 Å². The van der Waals surface area contributed by atoms with Crippen molar-refractivity contribution in [3.05, 3.63) is 60.1 Å². The van der Waals surface area contributed by atoms with Gasteiger partial charge in [0.05, 0.1) is 12.8 Å². The molecule has 3 N–H and O–H groups in total. The highest BCUT2D eigenvalue weighted by Crippen LogP contribution is 2.21. The lowest BCUT2D eigenvalue weighted by molar-refractivity contribution is 0.0437. The molecule has 6 nitrogen and oxygen atoms in total. The monoisotopic (exact) mass is 514 g/mol. The van der Waals surface area contributed by atoms with Gasteiger partial charge in [0.1, 0.15) is 11.4 Å². The highest BCUT2D eigenvalue weighted by Gasteiger charge is 2.26. The van der Waals surface area contributed by atoms with Gasteiger partial charge in [-0.1, -0.05) is 30.3 Å². The van der Waals surface area contributed by atoms with E-state index in [0.29, 0.717) is 17.8 Å². The summed E-state index contributed by atoms with van der Waals surface area (Å²) in [5, 5.41) is 17.1. The predicted molar refractivity (Wildman–Crippen MR) is 130 cm³/mol. The van der Waals surface area contributed by atoms with E-state index in [0.717, 1.165) is 26.1 Å². The number of hydrogen-bond acceptors (Lipinski definition) is 4. The Bertz CT molecular complexity index is 705. The van der Waals surface area contributed by atoms with Gasteiger partial charge in [-0.25, -0.2) is 4.99 Å². The van der Waals surface area contributed by atoms with E-state index in [1.54, 1.807) is 25.3 Å². The summed E-state index contributed by atoms with van der Waals surface area (Å²) in [6, 6.07) is 14.5. The van der Waals surface area contributed by atoms with Crippen LogP contribution in [0.25, 0.3) is 0 Å². The molecular weight excluding hydrogens is 479 g/mol. The highest BCUT2D eigenvalue weighted by atomic mass is 127. The van der Waals surface area contributed by atoms with Crippen LogP contribution < -0.4 is 10.6 Å². The molecule has 0 aliphatic carbocycles. The van der Waals surface area contributed by atoms with E-state index in [9.17, 15) is 5.11 Å². The summed E-state index contributed by atoms with van der Waals surface area (Å²) in [5.74, 6) is 1.22. The van der Waals surface area contributed by atoms with Crippen LogP contribution in [0.1, 0.15) is 38.5 Å². The Kier molecular flexibility index (Phi) is 11.3. The van der Waals surface area contributed by atoms with Crippen LogP contribution in [-0.4, -0.2) is 48.7 Å². The molecule has 0 saturated carbocycles. The van der Waals surface area contributed by atoms with Gasteiger partial charge in [0.2, 0.25) is 0 Å². The molecule has 0 aliphatic heterocycles. The van der Waals surface area contributed by atoms with E-state index >= 15 is 0 Å². The van der Waals surface area contributed by atoms with Crippen LogP contribution in [-0.2, 0) is 12.1 Å². The van der Waals surface area contributed by atoms with Crippen LogP contribution in [0.5, 0.6) is 0 Å². The first kappa shape index (κ1) is 25.5. The number of aliphatic imine (C=N–C) groups is 1. The maximum Gasteiger partial charge on any atom is 0.191 e. The standard InChI is InChI=1S/C22H34N4O2.HI/c1-5-23-21(25-17-22(3,27)20-12-9-15-28-20)24-14-13-18(2)26(4)16-19-10-7-6-8-11-19;/h6-12,15,18,27H,5,13-14,16-17H2,1-4H3,(H2,23,24,25);1H. The quantitative estimate of drug-likeness (QED) is 0.257. The number of rotatable bonds is 10. The second-order valence-corrected chi connectivity index (χ2v) is 7.41. The zero-order valence-electron chi connectivity index (χ0n) is 17.9. The Hall–Kier alpha value is -1.58. The number of benzene rings is 1. The molecule has 1 heterocycles. The van der Waals surface area contributed by atoms with Gasteiger partial charge in [0, 0.05) is 25.7 Å². The lowest BCUT2D eigenvalue weighted by atomic mass is 10.0. The number of guanidine groups is 1. The van der Waals surface area contributed by atoms with Crippen molar-refractivity contribution in [1.29, 1.82) is 0 Å². The fourth-order valence-electron chi connectivity index (χ4n) is 2.88. The van der Waals surface area contributed by atoms with Gasteiger partial charge in [-0.15, -0.1) is 24.0 Å². The van der Waals surface area contributed by atoms with Crippen LogP contribution in [0.3, 0.4) is 0 Å². The number of nitrogens with zero attached hydrogens (tertiary/aromatic N) is 2. The zero-order chi connectivity index (χ0) is 20.4. The fourth-order valence-corrected chi connectivity index (χ4v) is 2.88. The minimum atomic E-state index is -1.13. The van der Waals surface area contributed by atoms with Crippen molar-refractivity contribution in [2.24, 2.45) is 4.99 Å². The van der Waals surface area contributed by atoms with Gasteiger partial charge >= 0.3 is 0 Å². The second-order valence-electron chi connectivity index (χ2n) is 7.41. The smallest absolute Gasteiger partial charge is 0.191 e. The van der Waals surface area contributed by atoms with Gasteiger partial charge in [0.15, 0.2) is 5.96 Å². The van der Waals surface area contributed by atoms with Crippen molar-refractivity contribution in [3.8, 4) is 0 Å². The molecule has 2 rings (SSSR count). The summed E-state index contributed by atoms with van der Waals surface area (Å²) < 4.78 is 5.31. The molecule has 0 spiro atoms. The van der Waals surface area contributed by atoms with Crippen molar-refractivity contribution in [1.82, 2.24) is 15.5 Å². The third kappa shape index (κ3) is 8.76. The van der Waals surface area contributed by atoms with Crippen molar-refractivity contribution >= 4 is 29.9 Å². The molecule has 1 aromatic heterocycles. The Balaban J connectivity index is 0.00000420. The van der Waals surface area contributed by atoms with E-state index in [1.807, 2.05) is 13.0 Å².